The third-order valence-electron chi connectivity index (χ3n) is 6.08. The molecule has 2 aromatic carbocycles. The molecule has 0 spiro atoms. The Morgan fingerprint density at radius 3 is 2.42 bits per heavy atom. The fourth-order valence-electron chi connectivity index (χ4n) is 3.96. The SMILES string of the molecule is COc1ccc(NC(=O)CN2CCC(Oc3ncnc(Oc4ccc(S(C)(=O)=O)cc4F)c3C)CC2)cc1. The predicted octanol–water partition coefficient (Wildman–Crippen LogP) is 3.61. The van der Waals surface area contributed by atoms with Gasteiger partial charge in [-0.05, 0) is 62.2 Å². The van der Waals surface area contributed by atoms with E-state index >= 15 is 0 Å². The van der Waals surface area contributed by atoms with E-state index in [1.54, 1.807) is 38.3 Å². The van der Waals surface area contributed by atoms with Crippen LogP contribution in [0.4, 0.5) is 10.1 Å². The highest BCUT2D eigenvalue weighted by molar-refractivity contribution is 7.90. The number of amides is 1. The highest BCUT2D eigenvalue weighted by Crippen LogP contribution is 2.31. The van der Waals surface area contributed by atoms with Gasteiger partial charge >= 0.3 is 0 Å². The van der Waals surface area contributed by atoms with Crippen LogP contribution in [-0.2, 0) is 14.6 Å². The fraction of sp³-hybridized carbons (Fsp3) is 0.346. The van der Waals surface area contributed by atoms with Crippen LogP contribution in [0.1, 0.15) is 18.4 Å². The molecule has 10 nitrogen and oxygen atoms in total. The van der Waals surface area contributed by atoms with Crippen LogP contribution < -0.4 is 19.5 Å². The number of carbonyl (C=O) groups excluding carboxylic acids is 1. The molecule has 1 amide bonds. The Bertz CT molecular complexity index is 1390. The van der Waals surface area contributed by atoms with Crippen molar-refractivity contribution in [3.05, 3.63) is 60.2 Å². The molecule has 0 bridgehead atoms. The van der Waals surface area contributed by atoms with Crippen LogP contribution in [0.2, 0.25) is 0 Å². The van der Waals surface area contributed by atoms with Gasteiger partial charge in [0.05, 0.1) is 24.1 Å². The van der Waals surface area contributed by atoms with Crippen LogP contribution in [0, 0.1) is 12.7 Å². The van der Waals surface area contributed by atoms with Gasteiger partial charge in [-0.25, -0.2) is 22.8 Å². The zero-order valence-corrected chi connectivity index (χ0v) is 22.1. The third-order valence-corrected chi connectivity index (χ3v) is 7.19. The van der Waals surface area contributed by atoms with Gasteiger partial charge in [-0.2, -0.15) is 0 Å². The molecule has 38 heavy (non-hydrogen) atoms. The summed E-state index contributed by atoms with van der Waals surface area (Å²) in [5.74, 6) is 0.0635. The molecule has 3 aromatic rings. The topological polar surface area (TPSA) is 120 Å². The van der Waals surface area contributed by atoms with Crippen molar-refractivity contribution >= 4 is 21.4 Å². The van der Waals surface area contributed by atoms with Crippen LogP contribution in [0.15, 0.2) is 53.7 Å². The molecule has 202 valence electrons. The van der Waals surface area contributed by atoms with Gasteiger partial charge in [0.25, 0.3) is 0 Å². The number of ether oxygens (including phenoxy) is 3. The molecule has 1 saturated heterocycles. The number of likely N-dealkylation sites (tertiary alicyclic amines) is 1. The van der Waals surface area contributed by atoms with Crippen molar-refractivity contribution in [2.45, 2.75) is 30.8 Å². The number of benzene rings is 2. The lowest BCUT2D eigenvalue weighted by atomic mass is 10.1. The molecule has 1 fully saturated rings. The van der Waals surface area contributed by atoms with Gasteiger partial charge in [0, 0.05) is 25.0 Å². The second kappa shape index (κ2) is 11.7. The van der Waals surface area contributed by atoms with Crippen molar-refractivity contribution in [2.75, 3.05) is 38.3 Å². The van der Waals surface area contributed by atoms with Crippen LogP contribution in [0.5, 0.6) is 23.3 Å². The normalized spacial score (nSPS) is 14.6. The van der Waals surface area contributed by atoms with Gasteiger partial charge in [0.2, 0.25) is 17.7 Å². The fourth-order valence-corrected chi connectivity index (χ4v) is 4.59. The zero-order chi connectivity index (χ0) is 27.3. The molecule has 0 atom stereocenters. The molecule has 4 rings (SSSR count). The molecule has 0 saturated carbocycles. The van der Waals surface area contributed by atoms with Crippen molar-refractivity contribution in [3.8, 4) is 23.3 Å². The molecule has 0 unspecified atom stereocenters. The van der Waals surface area contributed by atoms with E-state index in [9.17, 15) is 17.6 Å². The van der Waals surface area contributed by atoms with Crippen LogP contribution in [-0.4, -0.2) is 68.3 Å². The Kier molecular flexibility index (Phi) is 8.42. The van der Waals surface area contributed by atoms with Gasteiger partial charge in [-0.1, -0.05) is 0 Å². The minimum atomic E-state index is -3.54. The number of nitrogens with one attached hydrogen (secondary N) is 1. The maximum absolute atomic E-state index is 14.4. The quantitative estimate of drug-likeness (QED) is 0.431. The van der Waals surface area contributed by atoms with Gasteiger partial charge < -0.3 is 19.5 Å². The lowest BCUT2D eigenvalue weighted by Gasteiger charge is -2.31. The summed E-state index contributed by atoms with van der Waals surface area (Å²) in [5.41, 5.74) is 1.19. The number of sulfone groups is 1. The number of anilines is 1. The Labute approximate surface area is 220 Å². The molecule has 12 heteroatoms. The first-order chi connectivity index (χ1) is 18.1. The van der Waals surface area contributed by atoms with Crippen molar-refractivity contribution in [3.63, 3.8) is 0 Å². The standard InChI is InChI=1S/C26H29FN4O6S/c1-17-25(28-16-29-26(17)37-23-9-8-21(14-22(23)27)38(3,33)34)36-20-10-12-31(13-11-20)15-24(32)30-18-4-6-19(35-2)7-5-18/h4-9,14,16,20H,10-13,15H2,1-3H3,(H,30,32). The second-order valence-electron chi connectivity index (χ2n) is 8.95. The number of aromatic nitrogens is 2. The average molecular weight is 545 g/mol. The molecular formula is C26H29FN4O6S. The van der Waals surface area contributed by atoms with Gasteiger partial charge in [0.15, 0.2) is 21.4 Å². The van der Waals surface area contributed by atoms with Crippen LogP contribution in [0.25, 0.3) is 0 Å². The average Bonchev–Trinajstić information content (AvgIpc) is 2.88. The number of halogens is 1. The Balaban J connectivity index is 1.30. The minimum absolute atomic E-state index is 0.0974. The first-order valence-corrected chi connectivity index (χ1v) is 13.8. The number of rotatable bonds is 9. The van der Waals surface area contributed by atoms with Crippen LogP contribution in [0.3, 0.4) is 0 Å². The summed E-state index contributed by atoms with van der Waals surface area (Å²) in [7, 11) is -1.96. The van der Waals surface area contributed by atoms with Gasteiger partial charge in [-0.15, -0.1) is 0 Å². The van der Waals surface area contributed by atoms with E-state index < -0.39 is 15.7 Å². The Hall–Kier alpha value is -3.77. The highest BCUT2D eigenvalue weighted by Gasteiger charge is 2.24. The van der Waals surface area contributed by atoms with E-state index in [-0.39, 0.29) is 35.1 Å². The Morgan fingerprint density at radius 2 is 1.79 bits per heavy atom. The monoisotopic (exact) mass is 544 g/mol. The smallest absolute Gasteiger partial charge is 0.238 e. The molecule has 1 aliphatic heterocycles. The number of piperidine rings is 1. The molecule has 1 aromatic heterocycles. The Morgan fingerprint density at radius 1 is 1.11 bits per heavy atom. The first kappa shape index (κ1) is 27.3. The zero-order valence-electron chi connectivity index (χ0n) is 21.3. The van der Waals surface area contributed by atoms with Crippen molar-refractivity contribution in [1.82, 2.24) is 14.9 Å². The summed E-state index contributed by atoms with van der Waals surface area (Å²) in [6, 6.07) is 10.6. The summed E-state index contributed by atoms with van der Waals surface area (Å²) in [5, 5.41) is 2.88. The molecule has 2 heterocycles. The summed E-state index contributed by atoms with van der Waals surface area (Å²) >= 11 is 0. The summed E-state index contributed by atoms with van der Waals surface area (Å²) in [6.07, 6.45) is 3.53. The van der Waals surface area contributed by atoms with Gasteiger partial charge in [0.1, 0.15) is 18.2 Å². The van der Waals surface area contributed by atoms with E-state index in [1.807, 2.05) is 0 Å². The second-order valence-corrected chi connectivity index (χ2v) is 11.0. The number of hydrogen-bond donors (Lipinski definition) is 1. The molecule has 0 aliphatic carbocycles. The van der Waals surface area contributed by atoms with Crippen molar-refractivity contribution in [1.29, 1.82) is 0 Å². The summed E-state index contributed by atoms with van der Waals surface area (Å²) < 4.78 is 54.5. The maximum Gasteiger partial charge on any atom is 0.238 e. The predicted molar refractivity (Wildman–Crippen MR) is 138 cm³/mol. The van der Waals surface area contributed by atoms with Crippen LogP contribution >= 0.6 is 0 Å². The van der Waals surface area contributed by atoms with E-state index in [0.717, 1.165) is 18.1 Å². The maximum atomic E-state index is 14.4. The highest BCUT2D eigenvalue weighted by atomic mass is 32.2. The summed E-state index contributed by atoms with van der Waals surface area (Å²) in [6.45, 7) is 3.32. The van der Waals surface area contributed by atoms with Crippen molar-refractivity contribution < 1.29 is 31.8 Å². The lowest BCUT2D eigenvalue weighted by molar-refractivity contribution is -0.117. The minimum Gasteiger partial charge on any atom is -0.497 e. The van der Waals surface area contributed by atoms with E-state index in [2.05, 4.69) is 20.2 Å². The molecule has 0 radical (unpaired) electrons. The first-order valence-electron chi connectivity index (χ1n) is 11.9. The number of nitrogens with zero attached hydrogens (tertiary/aromatic N) is 3. The van der Waals surface area contributed by atoms with E-state index in [0.29, 0.717) is 43.1 Å². The number of hydrogen-bond acceptors (Lipinski definition) is 9. The van der Waals surface area contributed by atoms with E-state index in [4.69, 9.17) is 14.2 Å². The molecule has 1 aliphatic rings. The number of methoxy groups -OCH3 is 1. The largest absolute Gasteiger partial charge is 0.497 e. The van der Waals surface area contributed by atoms with E-state index in [1.165, 1.54) is 18.5 Å². The van der Waals surface area contributed by atoms with Crippen molar-refractivity contribution in [2.24, 2.45) is 0 Å². The third kappa shape index (κ3) is 6.95. The number of carbonyl (C=O) groups is 1. The molecular weight excluding hydrogens is 515 g/mol. The molecule has 1 N–H and O–H groups in total. The summed E-state index contributed by atoms with van der Waals surface area (Å²) in [4.78, 5) is 22.6. The lowest BCUT2D eigenvalue weighted by Crippen LogP contribution is -2.42. The van der Waals surface area contributed by atoms with Gasteiger partial charge in [-0.3, -0.25) is 9.69 Å².